The molecule has 1 unspecified atom stereocenters. The zero-order chi connectivity index (χ0) is 13.0. The molecule has 1 aromatic carbocycles. The summed E-state index contributed by atoms with van der Waals surface area (Å²) < 4.78 is 1.55. The first kappa shape index (κ1) is 12.2. The molecule has 2 aromatic rings. The van der Waals surface area contributed by atoms with Gasteiger partial charge in [-0.3, -0.25) is 14.9 Å². The number of phenolic OH excluding ortho intramolecular Hbond substituents is 1. The van der Waals surface area contributed by atoms with Gasteiger partial charge in [0.05, 0.1) is 6.04 Å². The van der Waals surface area contributed by atoms with Gasteiger partial charge < -0.3 is 10.8 Å². The van der Waals surface area contributed by atoms with Gasteiger partial charge in [-0.1, -0.05) is 12.1 Å². The largest absolute Gasteiger partial charge is 0.508 e. The fourth-order valence-electron chi connectivity index (χ4n) is 1.60. The molecule has 0 saturated heterocycles. The summed E-state index contributed by atoms with van der Waals surface area (Å²) in [4.78, 5) is 11.8. The first-order chi connectivity index (χ1) is 8.65. The van der Waals surface area contributed by atoms with E-state index in [2.05, 4.69) is 5.43 Å². The van der Waals surface area contributed by atoms with Crippen molar-refractivity contribution in [3.8, 4) is 5.75 Å². The van der Waals surface area contributed by atoms with Crippen molar-refractivity contribution in [1.82, 2.24) is 4.68 Å². The lowest BCUT2D eigenvalue weighted by atomic mass is 10.1. The second-order valence-electron chi connectivity index (χ2n) is 4.04. The van der Waals surface area contributed by atoms with Crippen molar-refractivity contribution >= 4 is 5.91 Å². The van der Waals surface area contributed by atoms with Crippen molar-refractivity contribution in [3.63, 3.8) is 0 Å². The summed E-state index contributed by atoms with van der Waals surface area (Å²) >= 11 is 0. The molecule has 1 atom stereocenters. The maximum absolute atomic E-state index is 11.8. The van der Waals surface area contributed by atoms with Crippen LogP contribution in [0.2, 0.25) is 0 Å². The summed E-state index contributed by atoms with van der Waals surface area (Å²) in [5.41, 5.74) is 9.38. The van der Waals surface area contributed by atoms with Gasteiger partial charge in [0.1, 0.15) is 5.75 Å². The van der Waals surface area contributed by atoms with Gasteiger partial charge in [0.25, 0.3) is 5.91 Å². The molecule has 1 amide bonds. The van der Waals surface area contributed by atoms with Crippen LogP contribution in [0.5, 0.6) is 5.75 Å². The minimum atomic E-state index is -0.628. The van der Waals surface area contributed by atoms with Crippen LogP contribution in [0.1, 0.15) is 5.56 Å². The molecule has 0 saturated carbocycles. The van der Waals surface area contributed by atoms with Crippen LogP contribution in [-0.2, 0) is 11.2 Å². The summed E-state index contributed by atoms with van der Waals surface area (Å²) in [6.45, 7) is 0. The third-order valence-corrected chi connectivity index (χ3v) is 2.57. The Morgan fingerprint density at radius 1 is 1.28 bits per heavy atom. The van der Waals surface area contributed by atoms with Gasteiger partial charge in [-0.25, -0.2) is 0 Å². The zero-order valence-corrected chi connectivity index (χ0v) is 9.78. The maximum Gasteiger partial charge on any atom is 0.256 e. The van der Waals surface area contributed by atoms with Crippen LogP contribution in [-0.4, -0.2) is 21.7 Å². The lowest BCUT2D eigenvalue weighted by Crippen LogP contribution is -2.40. The number of phenols is 1. The molecule has 4 N–H and O–H groups in total. The highest BCUT2D eigenvalue weighted by Crippen LogP contribution is 2.10. The number of nitrogens with zero attached hydrogens (tertiary/aromatic N) is 1. The molecular formula is C13H15N3O2. The number of rotatable bonds is 4. The highest BCUT2D eigenvalue weighted by atomic mass is 16.3. The molecular weight excluding hydrogens is 230 g/mol. The van der Waals surface area contributed by atoms with Gasteiger partial charge in [0, 0.05) is 12.4 Å². The van der Waals surface area contributed by atoms with Gasteiger partial charge in [-0.2, -0.15) is 0 Å². The van der Waals surface area contributed by atoms with Crippen LogP contribution in [0, 0.1) is 0 Å². The minimum absolute atomic E-state index is 0.198. The lowest BCUT2D eigenvalue weighted by Gasteiger charge is -2.12. The molecule has 0 radical (unpaired) electrons. The van der Waals surface area contributed by atoms with Crippen molar-refractivity contribution in [2.45, 2.75) is 12.5 Å². The molecule has 94 valence electrons. The van der Waals surface area contributed by atoms with E-state index in [-0.39, 0.29) is 11.7 Å². The number of hydrogen-bond donors (Lipinski definition) is 3. The zero-order valence-electron chi connectivity index (χ0n) is 9.78. The highest BCUT2D eigenvalue weighted by molar-refractivity contribution is 5.88. The number of carbonyl (C=O) groups is 1. The number of nitrogens with two attached hydrogens (primary N) is 1. The average Bonchev–Trinajstić information content (AvgIpc) is 2.85. The number of nitrogens with one attached hydrogen (secondary N) is 1. The van der Waals surface area contributed by atoms with Gasteiger partial charge in [-0.15, -0.1) is 0 Å². The first-order valence-electron chi connectivity index (χ1n) is 5.62. The second-order valence-corrected chi connectivity index (χ2v) is 4.04. The number of aromatic hydroxyl groups is 1. The molecule has 18 heavy (non-hydrogen) atoms. The highest BCUT2D eigenvalue weighted by Gasteiger charge is 2.13. The molecule has 1 aromatic heterocycles. The summed E-state index contributed by atoms with van der Waals surface area (Å²) in [5, 5.41) is 9.16. The van der Waals surface area contributed by atoms with Crippen molar-refractivity contribution in [2.75, 3.05) is 5.43 Å². The monoisotopic (exact) mass is 245 g/mol. The SMILES string of the molecule is NC(Cc1ccc(O)cc1)C(=O)Nn1cccc1. The van der Waals surface area contributed by atoms with Crippen LogP contribution in [0.15, 0.2) is 48.8 Å². The number of hydrogen-bond acceptors (Lipinski definition) is 3. The Morgan fingerprint density at radius 3 is 2.50 bits per heavy atom. The lowest BCUT2D eigenvalue weighted by molar-refractivity contribution is -0.118. The topological polar surface area (TPSA) is 80.3 Å². The fourth-order valence-corrected chi connectivity index (χ4v) is 1.60. The van der Waals surface area contributed by atoms with Crippen molar-refractivity contribution in [1.29, 1.82) is 0 Å². The molecule has 2 rings (SSSR count). The Hall–Kier alpha value is -2.27. The summed E-state index contributed by atoms with van der Waals surface area (Å²) in [6, 6.07) is 9.64. The molecule has 5 nitrogen and oxygen atoms in total. The molecule has 1 heterocycles. The van der Waals surface area contributed by atoms with Crippen LogP contribution in [0.4, 0.5) is 0 Å². The summed E-state index contributed by atoms with van der Waals surface area (Å²) in [7, 11) is 0. The molecule has 5 heteroatoms. The average molecular weight is 245 g/mol. The third kappa shape index (κ3) is 3.11. The van der Waals surface area contributed by atoms with Gasteiger partial charge in [0.15, 0.2) is 0 Å². The predicted molar refractivity (Wildman–Crippen MR) is 68.6 cm³/mol. The summed E-state index contributed by atoms with van der Waals surface area (Å²) in [5.74, 6) is -0.0524. The van der Waals surface area contributed by atoms with E-state index < -0.39 is 6.04 Å². The van der Waals surface area contributed by atoms with E-state index in [0.717, 1.165) is 5.56 Å². The van der Waals surface area contributed by atoms with E-state index in [1.54, 1.807) is 41.3 Å². The van der Waals surface area contributed by atoms with Crippen LogP contribution in [0.3, 0.4) is 0 Å². The van der Waals surface area contributed by atoms with E-state index in [1.807, 2.05) is 12.1 Å². The number of aromatic nitrogens is 1. The van der Waals surface area contributed by atoms with Crippen LogP contribution in [0.25, 0.3) is 0 Å². The van der Waals surface area contributed by atoms with E-state index in [0.29, 0.717) is 6.42 Å². The Morgan fingerprint density at radius 2 is 1.89 bits per heavy atom. The molecule has 0 bridgehead atoms. The molecule has 0 aliphatic carbocycles. The van der Waals surface area contributed by atoms with Crippen LogP contribution < -0.4 is 11.2 Å². The quantitative estimate of drug-likeness (QED) is 0.746. The van der Waals surface area contributed by atoms with E-state index in [9.17, 15) is 4.79 Å². The Balaban J connectivity index is 1.93. The van der Waals surface area contributed by atoms with Crippen LogP contribution >= 0.6 is 0 Å². The third-order valence-electron chi connectivity index (χ3n) is 2.57. The van der Waals surface area contributed by atoms with Gasteiger partial charge >= 0.3 is 0 Å². The Labute approximate surface area is 105 Å². The fraction of sp³-hybridized carbons (Fsp3) is 0.154. The Kier molecular flexibility index (Phi) is 3.64. The number of amides is 1. The first-order valence-corrected chi connectivity index (χ1v) is 5.62. The predicted octanol–water partition coefficient (Wildman–Crippen LogP) is 0.834. The van der Waals surface area contributed by atoms with Gasteiger partial charge in [-0.05, 0) is 36.2 Å². The molecule has 0 fully saturated rings. The standard InChI is InChI=1S/C13H15N3O2/c14-12(9-10-3-5-11(17)6-4-10)13(18)15-16-7-1-2-8-16/h1-8,12,17H,9,14H2,(H,15,18). The maximum atomic E-state index is 11.8. The minimum Gasteiger partial charge on any atom is -0.508 e. The van der Waals surface area contributed by atoms with Crippen molar-refractivity contribution in [3.05, 3.63) is 54.4 Å². The van der Waals surface area contributed by atoms with Crippen molar-refractivity contribution < 1.29 is 9.90 Å². The van der Waals surface area contributed by atoms with E-state index >= 15 is 0 Å². The van der Waals surface area contributed by atoms with Gasteiger partial charge in [0.2, 0.25) is 0 Å². The Bertz CT molecular complexity index is 506. The molecule has 0 aliphatic rings. The molecule has 0 spiro atoms. The smallest absolute Gasteiger partial charge is 0.256 e. The van der Waals surface area contributed by atoms with E-state index in [4.69, 9.17) is 10.8 Å². The summed E-state index contributed by atoms with van der Waals surface area (Å²) in [6.07, 6.45) is 3.88. The van der Waals surface area contributed by atoms with Crippen molar-refractivity contribution in [2.24, 2.45) is 5.73 Å². The number of carbonyl (C=O) groups excluding carboxylic acids is 1. The number of benzene rings is 1. The molecule has 0 aliphatic heterocycles. The normalized spacial score (nSPS) is 12.1. The van der Waals surface area contributed by atoms with E-state index in [1.165, 1.54) is 0 Å². The second kappa shape index (κ2) is 5.37.